The molecule has 1 amide bonds. The highest BCUT2D eigenvalue weighted by Crippen LogP contribution is 2.23. The second kappa shape index (κ2) is 6.53. The molecule has 2 unspecified atom stereocenters. The molecule has 4 nitrogen and oxygen atoms in total. The van der Waals surface area contributed by atoms with E-state index in [0.29, 0.717) is 0 Å². The van der Waals surface area contributed by atoms with Crippen LogP contribution >= 0.6 is 0 Å². The van der Waals surface area contributed by atoms with Crippen LogP contribution in [0.25, 0.3) is 0 Å². The van der Waals surface area contributed by atoms with E-state index in [-0.39, 0.29) is 11.4 Å². The van der Waals surface area contributed by atoms with Crippen molar-refractivity contribution in [1.29, 1.82) is 0 Å². The lowest BCUT2D eigenvalue weighted by Gasteiger charge is -2.28. The Bertz CT molecular complexity index is 268. The number of nitrogens with one attached hydrogen (secondary N) is 3. The van der Waals surface area contributed by atoms with Gasteiger partial charge in [0.2, 0.25) is 5.91 Å². The van der Waals surface area contributed by atoms with Crippen LogP contribution in [0.1, 0.15) is 45.4 Å². The van der Waals surface area contributed by atoms with E-state index in [4.69, 9.17) is 0 Å². The molecule has 3 N–H and O–H groups in total. The highest BCUT2D eigenvalue weighted by atomic mass is 16.2. The summed E-state index contributed by atoms with van der Waals surface area (Å²) in [6, 6.07) is 0. The Kier molecular flexibility index (Phi) is 5.01. The number of carbonyl (C=O) groups is 1. The van der Waals surface area contributed by atoms with E-state index in [9.17, 15) is 4.79 Å². The predicted octanol–water partition coefficient (Wildman–Crippen LogP) is 1.02. The van der Waals surface area contributed by atoms with Gasteiger partial charge in [0.15, 0.2) is 0 Å². The smallest absolute Gasteiger partial charge is 0.240 e. The normalized spacial score (nSPS) is 32.4. The lowest BCUT2D eigenvalue weighted by atomic mass is 9.92. The lowest BCUT2D eigenvalue weighted by molar-refractivity contribution is -0.127. The molecule has 0 saturated carbocycles. The summed E-state index contributed by atoms with van der Waals surface area (Å²) in [5, 5.41) is 9.94. The van der Waals surface area contributed by atoms with E-state index >= 15 is 0 Å². The number of carbonyl (C=O) groups excluding carboxylic acids is 1. The SMILES string of the molecule is CCC1(C(=O)NCCC2CCCNC2)CCCN1. The Hall–Kier alpha value is -0.610. The van der Waals surface area contributed by atoms with E-state index in [2.05, 4.69) is 22.9 Å². The molecule has 2 heterocycles. The number of piperidine rings is 1. The molecule has 0 aliphatic carbocycles. The van der Waals surface area contributed by atoms with Gasteiger partial charge in [-0.1, -0.05) is 6.92 Å². The maximum Gasteiger partial charge on any atom is 0.240 e. The first kappa shape index (κ1) is 13.8. The average Bonchev–Trinajstić information content (AvgIpc) is 2.90. The number of hydrogen-bond donors (Lipinski definition) is 3. The molecule has 104 valence electrons. The Balaban J connectivity index is 1.70. The third kappa shape index (κ3) is 3.23. The van der Waals surface area contributed by atoms with Crippen molar-refractivity contribution in [3.8, 4) is 0 Å². The number of amides is 1. The molecule has 0 radical (unpaired) electrons. The fraction of sp³-hybridized carbons (Fsp3) is 0.929. The minimum atomic E-state index is -0.273. The third-order valence-corrected chi connectivity index (χ3v) is 4.52. The van der Waals surface area contributed by atoms with Gasteiger partial charge < -0.3 is 16.0 Å². The van der Waals surface area contributed by atoms with Crippen LogP contribution in [0, 0.1) is 5.92 Å². The van der Waals surface area contributed by atoms with Gasteiger partial charge in [0.25, 0.3) is 0 Å². The first-order valence-corrected chi connectivity index (χ1v) is 7.51. The summed E-state index contributed by atoms with van der Waals surface area (Å²) in [5.74, 6) is 0.958. The number of hydrogen-bond acceptors (Lipinski definition) is 3. The second-order valence-electron chi connectivity index (χ2n) is 5.72. The van der Waals surface area contributed by atoms with Gasteiger partial charge in [-0.3, -0.25) is 4.79 Å². The number of rotatable bonds is 5. The molecule has 0 aromatic carbocycles. The minimum absolute atomic E-state index is 0.214. The summed E-state index contributed by atoms with van der Waals surface area (Å²) in [5.41, 5.74) is -0.273. The molecule has 2 atom stereocenters. The molecule has 0 bridgehead atoms. The average molecular weight is 253 g/mol. The summed E-state index contributed by atoms with van der Waals surface area (Å²) in [4.78, 5) is 12.3. The zero-order chi connectivity index (χ0) is 12.8. The maximum absolute atomic E-state index is 12.3. The summed E-state index contributed by atoms with van der Waals surface area (Å²) < 4.78 is 0. The van der Waals surface area contributed by atoms with Crippen molar-refractivity contribution >= 4 is 5.91 Å². The molecule has 4 heteroatoms. The van der Waals surface area contributed by atoms with Crippen LogP contribution in [0.2, 0.25) is 0 Å². The topological polar surface area (TPSA) is 53.2 Å². The molecule has 0 aromatic rings. The van der Waals surface area contributed by atoms with E-state index in [1.807, 2.05) is 0 Å². The largest absolute Gasteiger partial charge is 0.354 e. The van der Waals surface area contributed by atoms with Gasteiger partial charge in [-0.2, -0.15) is 0 Å². The van der Waals surface area contributed by atoms with E-state index in [1.165, 1.54) is 12.8 Å². The van der Waals surface area contributed by atoms with Gasteiger partial charge in [-0.15, -0.1) is 0 Å². The summed E-state index contributed by atoms with van der Waals surface area (Å²) in [7, 11) is 0. The van der Waals surface area contributed by atoms with Crippen LogP contribution in [-0.2, 0) is 4.79 Å². The van der Waals surface area contributed by atoms with E-state index in [1.54, 1.807) is 0 Å². The summed E-state index contributed by atoms with van der Waals surface area (Å²) >= 11 is 0. The quantitative estimate of drug-likeness (QED) is 0.686. The molecule has 2 rings (SSSR count). The van der Waals surface area contributed by atoms with Gasteiger partial charge in [0.05, 0.1) is 5.54 Å². The van der Waals surface area contributed by atoms with Crippen molar-refractivity contribution < 1.29 is 4.79 Å². The van der Waals surface area contributed by atoms with Crippen LogP contribution in [0.3, 0.4) is 0 Å². The molecule has 2 fully saturated rings. The Morgan fingerprint density at radius 3 is 2.89 bits per heavy atom. The Morgan fingerprint density at radius 1 is 1.39 bits per heavy atom. The van der Waals surface area contributed by atoms with Gasteiger partial charge >= 0.3 is 0 Å². The zero-order valence-electron chi connectivity index (χ0n) is 11.6. The predicted molar refractivity (Wildman–Crippen MR) is 73.5 cm³/mol. The first-order valence-electron chi connectivity index (χ1n) is 7.51. The molecular weight excluding hydrogens is 226 g/mol. The van der Waals surface area contributed by atoms with E-state index < -0.39 is 0 Å². The zero-order valence-corrected chi connectivity index (χ0v) is 11.6. The molecule has 0 aromatic heterocycles. The standard InChI is InChI=1S/C14H27N3O/c1-2-14(7-4-9-17-14)13(18)16-10-6-12-5-3-8-15-11-12/h12,15,17H,2-11H2,1H3,(H,16,18). The van der Waals surface area contributed by atoms with Crippen LogP contribution in [0.4, 0.5) is 0 Å². The van der Waals surface area contributed by atoms with Crippen molar-refractivity contribution in [2.24, 2.45) is 5.92 Å². The first-order chi connectivity index (χ1) is 8.77. The minimum Gasteiger partial charge on any atom is -0.354 e. The summed E-state index contributed by atoms with van der Waals surface area (Å²) in [6.45, 7) is 6.18. The maximum atomic E-state index is 12.3. The van der Waals surface area contributed by atoms with Gasteiger partial charge in [-0.05, 0) is 64.1 Å². The van der Waals surface area contributed by atoms with Crippen molar-refractivity contribution in [1.82, 2.24) is 16.0 Å². The van der Waals surface area contributed by atoms with Crippen molar-refractivity contribution in [3.63, 3.8) is 0 Å². The lowest BCUT2D eigenvalue weighted by Crippen LogP contribution is -2.53. The molecule has 0 spiro atoms. The monoisotopic (exact) mass is 253 g/mol. The molecule has 2 aliphatic rings. The molecule has 18 heavy (non-hydrogen) atoms. The Morgan fingerprint density at radius 2 is 2.28 bits per heavy atom. The van der Waals surface area contributed by atoms with Gasteiger partial charge in [0, 0.05) is 6.54 Å². The van der Waals surface area contributed by atoms with Crippen molar-refractivity contribution in [3.05, 3.63) is 0 Å². The molecular formula is C14H27N3O. The van der Waals surface area contributed by atoms with Crippen LogP contribution in [0.5, 0.6) is 0 Å². The van der Waals surface area contributed by atoms with Gasteiger partial charge in [-0.25, -0.2) is 0 Å². The molecule has 2 aliphatic heterocycles. The van der Waals surface area contributed by atoms with Gasteiger partial charge in [0.1, 0.15) is 0 Å². The van der Waals surface area contributed by atoms with Crippen LogP contribution in [0.15, 0.2) is 0 Å². The highest BCUT2D eigenvalue weighted by molar-refractivity contribution is 5.86. The second-order valence-corrected chi connectivity index (χ2v) is 5.72. The molecule has 2 saturated heterocycles. The van der Waals surface area contributed by atoms with E-state index in [0.717, 1.165) is 57.8 Å². The Labute approximate surface area is 110 Å². The summed E-state index contributed by atoms with van der Waals surface area (Å²) in [6.07, 6.45) is 6.69. The van der Waals surface area contributed by atoms with Crippen LogP contribution in [-0.4, -0.2) is 37.6 Å². The fourth-order valence-electron chi connectivity index (χ4n) is 3.19. The van der Waals surface area contributed by atoms with Crippen LogP contribution < -0.4 is 16.0 Å². The third-order valence-electron chi connectivity index (χ3n) is 4.52. The van der Waals surface area contributed by atoms with Crippen molar-refractivity contribution in [2.45, 2.75) is 51.0 Å². The fourth-order valence-corrected chi connectivity index (χ4v) is 3.19. The van der Waals surface area contributed by atoms with Crippen molar-refractivity contribution in [2.75, 3.05) is 26.2 Å². The highest BCUT2D eigenvalue weighted by Gasteiger charge is 2.38.